The van der Waals surface area contributed by atoms with Gasteiger partial charge in [0.05, 0.1) is 7.11 Å². The van der Waals surface area contributed by atoms with E-state index in [0.717, 1.165) is 17.5 Å². The van der Waals surface area contributed by atoms with Gasteiger partial charge in [0.1, 0.15) is 17.5 Å². The van der Waals surface area contributed by atoms with Crippen LogP contribution in [0.15, 0.2) is 78.9 Å². The van der Waals surface area contributed by atoms with Gasteiger partial charge in [-0.2, -0.15) is 0 Å². The smallest absolute Gasteiger partial charge is 0.261 e. The summed E-state index contributed by atoms with van der Waals surface area (Å²) in [6.45, 7) is 2.53. The third-order valence-electron chi connectivity index (χ3n) is 5.47. The summed E-state index contributed by atoms with van der Waals surface area (Å²) < 4.78 is 11.1. The molecule has 0 aliphatic heterocycles. The Hall–Kier alpha value is -3.51. The first-order chi connectivity index (χ1) is 17.0. The minimum Gasteiger partial charge on any atom is -0.497 e. The van der Waals surface area contributed by atoms with E-state index >= 15 is 0 Å². The standard InChI is InChI=1S/C28H31ClN2O4/c1-3-15-30-28(33)26(17-21-9-5-4-6-10-21)31(19-22-11-7-13-24(16-22)34-2)27(32)20-35-25-14-8-12-23(29)18-25/h4-14,16,18,26H,3,15,17,19-20H2,1-2H3,(H,30,33). The van der Waals surface area contributed by atoms with Gasteiger partial charge < -0.3 is 19.7 Å². The summed E-state index contributed by atoms with van der Waals surface area (Å²) >= 11 is 6.05. The Morgan fingerprint density at radius 2 is 1.66 bits per heavy atom. The second-order valence-corrected chi connectivity index (χ2v) is 8.55. The van der Waals surface area contributed by atoms with Crippen LogP contribution in [0, 0.1) is 0 Å². The predicted octanol–water partition coefficient (Wildman–Crippen LogP) is 4.89. The summed E-state index contributed by atoms with van der Waals surface area (Å²) in [5.74, 6) is 0.664. The molecule has 0 aliphatic carbocycles. The molecule has 0 radical (unpaired) electrons. The summed E-state index contributed by atoms with van der Waals surface area (Å²) in [6.07, 6.45) is 1.18. The van der Waals surface area contributed by atoms with Crippen LogP contribution < -0.4 is 14.8 Å². The lowest BCUT2D eigenvalue weighted by Gasteiger charge is -2.31. The van der Waals surface area contributed by atoms with Gasteiger partial charge >= 0.3 is 0 Å². The maximum atomic E-state index is 13.5. The van der Waals surface area contributed by atoms with Crippen LogP contribution in [0.25, 0.3) is 0 Å². The maximum Gasteiger partial charge on any atom is 0.261 e. The van der Waals surface area contributed by atoms with E-state index in [9.17, 15) is 9.59 Å². The average molecular weight is 495 g/mol. The Kier molecular flexibility index (Phi) is 9.99. The molecule has 0 aliphatic rings. The molecule has 0 heterocycles. The van der Waals surface area contributed by atoms with Gasteiger partial charge in [-0.15, -0.1) is 0 Å². The first-order valence-electron chi connectivity index (χ1n) is 11.6. The fraction of sp³-hybridized carbons (Fsp3) is 0.286. The molecule has 0 fully saturated rings. The summed E-state index contributed by atoms with van der Waals surface area (Å²) in [7, 11) is 1.59. The minimum atomic E-state index is -0.717. The van der Waals surface area contributed by atoms with E-state index in [-0.39, 0.29) is 25.0 Å². The van der Waals surface area contributed by atoms with Crippen molar-refractivity contribution in [2.24, 2.45) is 0 Å². The van der Waals surface area contributed by atoms with E-state index in [1.807, 2.05) is 61.5 Å². The molecule has 3 rings (SSSR count). The molecule has 1 atom stereocenters. The second kappa shape index (κ2) is 13.4. The largest absolute Gasteiger partial charge is 0.497 e. The number of rotatable bonds is 12. The van der Waals surface area contributed by atoms with Crippen molar-refractivity contribution in [1.82, 2.24) is 10.2 Å². The topological polar surface area (TPSA) is 67.9 Å². The van der Waals surface area contributed by atoms with Crippen LogP contribution in [-0.2, 0) is 22.6 Å². The molecular formula is C28H31ClN2O4. The molecule has 1 unspecified atom stereocenters. The van der Waals surface area contributed by atoms with Crippen LogP contribution >= 0.6 is 11.6 Å². The second-order valence-electron chi connectivity index (χ2n) is 8.12. The number of hydrogen-bond acceptors (Lipinski definition) is 4. The molecule has 0 spiro atoms. The van der Waals surface area contributed by atoms with Gasteiger partial charge in [-0.25, -0.2) is 0 Å². The van der Waals surface area contributed by atoms with Crippen LogP contribution in [0.2, 0.25) is 5.02 Å². The number of methoxy groups -OCH3 is 1. The number of halogens is 1. The van der Waals surface area contributed by atoms with Gasteiger partial charge in [0.15, 0.2) is 6.61 Å². The maximum absolute atomic E-state index is 13.5. The van der Waals surface area contributed by atoms with Crippen molar-refractivity contribution in [1.29, 1.82) is 0 Å². The summed E-state index contributed by atoms with van der Waals surface area (Å²) in [6, 6.07) is 23.3. The Balaban J connectivity index is 1.90. The van der Waals surface area contributed by atoms with Crippen molar-refractivity contribution >= 4 is 23.4 Å². The molecule has 1 N–H and O–H groups in total. The number of benzene rings is 3. The zero-order valence-electron chi connectivity index (χ0n) is 20.1. The van der Waals surface area contributed by atoms with Crippen LogP contribution in [0.1, 0.15) is 24.5 Å². The highest BCUT2D eigenvalue weighted by Gasteiger charge is 2.30. The Bertz CT molecular complexity index is 1110. The van der Waals surface area contributed by atoms with E-state index in [4.69, 9.17) is 21.1 Å². The number of nitrogens with one attached hydrogen (secondary N) is 1. The number of hydrogen-bond donors (Lipinski definition) is 1. The fourth-order valence-electron chi connectivity index (χ4n) is 3.67. The molecule has 35 heavy (non-hydrogen) atoms. The fourth-order valence-corrected chi connectivity index (χ4v) is 3.85. The number of ether oxygens (including phenoxy) is 2. The molecule has 7 heteroatoms. The van der Waals surface area contributed by atoms with Gasteiger partial charge in [-0.05, 0) is 47.9 Å². The average Bonchev–Trinajstić information content (AvgIpc) is 2.88. The van der Waals surface area contributed by atoms with E-state index in [0.29, 0.717) is 29.5 Å². The third kappa shape index (κ3) is 8.04. The van der Waals surface area contributed by atoms with Gasteiger partial charge in [0.2, 0.25) is 5.91 Å². The Morgan fingerprint density at radius 3 is 2.37 bits per heavy atom. The molecule has 3 aromatic rings. The van der Waals surface area contributed by atoms with Crippen LogP contribution in [0.4, 0.5) is 0 Å². The highest BCUT2D eigenvalue weighted by atomic mass is 35.5. The van der Waals surface area contributed by atoms with Gasteiger partial charge in [-0.3, -0.25) is 9.59 Å². The summed E-state index contributed by atoms with van der Waals surface area (Å²) in [5.41, 5.74) is 1.81. The predicted molar refractivity (Wildman–Crippen MR) is 138 cm³/mol. The Morgan fingerprint density at radius 1 is 0.943 bits per heavy atom. The van der Waals surface area contributed by atoms with E-state index in [2.05, 4.69) is 5.32 Å². The molecule has 6 nitrogen and oxygen atoms in total. The highest BCUT2D eigenvalue weighted by Crippen LogP contribution is 2.20. The van der Waals surface area contributed by atoms with E-state index in [1.54, 1.807) is 36.3 Å². The third-order valence-corrected chi connectivity index (χ3v) is 5.70. The summed E-state index contributed by atoms with van der Waals surface area (Å²) in [5, 5.41) is 3.48. The number of nitrogens with zero attached hydrogens (tertiary/aromatic N) is 1. The monoisotopic (exact) mass is 494 g/mol. The first-order valence-corrected chi connectivity index (χ1v) is 12.0. The molecule has 0 bridgehead atoms. The van der Waals surface area contributed by atoms with E-state index in [1.165, 1.54) is 0 Å². The Labute approximate surface area is 211 Å². The van der Waals surface area contributed by atoms with Crippen molar-refractivity contribution < 1.29 is 19.1 Å². The zero-order valence-corrected chi connectivity index (χ0v) is 20.8. The summed E-state index contributed by atoms with van der Waals surface area (Å²) in [4.78, 5) is 28.4. The number of carbonyl (C=O) groups is 2. The van der Waals surface area contributed by atoms with Crippen LogP contribution in [0.3, 0.4) is 0 Å². The number of carbonyl (C=O) groups excluding carboxylic acids is 2. The lowest BCUT2D eigenvalue weighted by Crippen LogP contribution is -2.51. The zero-order chi connectivity index (χ0) is 25.0. The SMILES string of the molecule is CCCNC(=O)C(Cc1ccccc1)N(Cc1cccc(OC)c1)C(=O)COc1cccc(Cl)c1. The molecule has 184 valence electrons. The highest BCUT2D eigenvalue weighted by molar-refractivity contribution is 6.30. The number of amides is 2. The van der Waals surface area contributed by atoms with Crippen molar-refractivity contribution in [2.75, 3.05) is 20.3 Å². The lowest BCUT2D eigenvalue weighted by molar-refractivity contribution is -0.142. The first kappa shape index (κ1) is 26.1. The van der Waals surface area contributed by atoms with Crippen molar-refractivity contribution in [3.05, 3.63) is 95.0 Å². The lowest BCUT2D eigenvalue weighted by atomic mass is 10.0. The van der Waals surface area contributed by atoms with Gasteiger partial charge in [0, 0.05) is 24.5 Å². The van der Waals surface area contributed by atoms with Gasteiger partial charge in [-0.1, -0.05) is 67.1 Å². The van der Waals surface area contributed by atoms with E-state index < -0.39 is 6.04 Å². The van der Waals surface area contributed by atoms with Crippen molar-refractivity contribution in [2.45, 2.75) is 32.4 Å². The molecular weight excluding hydrogens is 464 g/mol. The molecule has 3 aromatic carbocycles. The molecule has 0 saturated heterocycles. The molecule has 0 aromatic heterocycles. The van der Waals surface area contributed by atoms with Gasteiger partial charge in [0.25, 0.3) is 5.91 Å². The normalized spacial score (nSPS) is 11.4. The minimum absolute atomic E-state index is 0.199. The molecule has 0 saturated carbocycles. The molecule has 2 amide bonds. The quantitative estimate of drug-likeness (QED) is 0.389. The van der Waals surface area contributed by atoms with Crippen LogP contribution in [0.5, 0.6) is 11.5 Å². The van der Waals surface area contributed by atoms with Crippen molar-refractivity contribution in [3.8, 4) is 11.5 Å². The van der Waals surface area contributed by atoms with Crippen molar-refractivity contribution in [3.63, 3.8) is 0 Å². The van der Waals surface area contributed by atoms with Crippen LogP contribution in [-0.4, -0.2) is 43.0 Å².